The first-order valence-corrected chi connectivity index (χ1v) is 6.25. The van der Waals surface area contributed by atoms with Crippen molar-refractivity contribution in [1.29, 1.82) is 0 Å². The molecule has 0 saturated carbocycles. The van der Waals surface area contributed by atoms with Gasteiger partial charge < -0.3 is 0 Å². The van der Waals surface area contributed by atoms with E-state index in [9.17, 15) is 0 Å². The van der Waals surface area contributed by atoms with Gasteiger partial charge in [-0.05, 0) is 31.5 Å². The van der Waals surface area contributed by atoms with Crippen LogP contribution < -0.4 is 0 Å². The zero-order valence-electron chi connectivity index (χ0n) is 11.2. The van der Waals surface area contributed by atoms with Crippen LogP contribution >= 0.6 is 0 Å². The minimum atomic E-state index is 0.977. The van der Waals surface area contributed by atoms with E-state index in [0.717, 1.165) is 19.6 Å². The number of likely N-dealkylation sites (N-methyl/N-ethyl adjacent to an activating group) is 1. The molecule has 0 aliphatic rings. The zero-order chi connectivity index (χ0) is 12.7. The summed E-state index contributed by atoms with van der Waals surface area (Å²) in [6.07, 6.45) is 4.07. The van der Waals surface area contributed by atoms with E-state index in [0.29, 0.717) is 0 Å². The van der Waals surface area contributed by atoms with Crippen molar-refractivity contribution < 1.29 is 0 Å². The van der Waals surface area contributed by atoms with Gasteiger partial charge >= 0.3 is 0 Å². The van der Waals surface area contributed by atoms with Crippen molar-refractivity contribution >= 4 is 0 Å². The molecule has 0 saturated heterocycles. The molecule has 0 aromatic heterocycles. The average molecular weight is 229 g/mol. The Morgan fingerprint density at radius 2 is 1.94 bits per heavy atom. The van der Waals surface area contributed by atoms with Crippen LogP contribution in [0.4, 0.5) is 0 Å². The molecule has 0 N–H and O–H groups in total. The highest BCUT2D eigenvalue weighted by Gasteiger charge is 2.04. The summed E-state index contributed by atoms with van der Waals surface area (Å²) in [6, 6.07) is 8.77. The summed E-state index contributed by atoms with van der Waals surface area (Å²) in [7, 11) is 0. The molecule has 92 valence electrons. The zero-order valence-corrected chi connectivity index (χ0v) is 11.2. The maximum Gasteiger partial charge on any atom is 0.0237 e. The first kappa shape index (κ1) is 13.7. The Kier molecular flexibility index (Phi) is 5.71. The van der Waals surface area contributed by atoms with Crippen molar-refractivity contribution in [3.05, 3.63) is 59.7 Å². The largest absolute Gasteiger partial charge is 0.295 e. The Bertz CT molecular complexity index is 373. The van der Waals surface area contributed by atoms with Crippen LogP contribution in [0.25, 0.3) is 0 Å². The van der Waals surface area contributed by atoms with E-state index >= 15 is 0 Å². The third-order valence-corrected chi connectivity index (χ3v) is 3.01. The molecule has 1 nitrogen and oxygen atoms in total. The van der Waals surface area contributed by atoms with Crippen LogP contribution in [0.1, 0.15) is 25.0 Å². The molecule has 0 aliphatic heterocycles. The number of aryl methyl sites for hydroxylation is 1. The number of nitrogens with zero attached hydrogens (tertiary/aromatic N) is 1. The minimum absolute atomic E-state index is 0.977. The van der Waals surface area contributed by atoms with E-state index < -0.39 is 0 Å². The van der Waals surface area contributed by atoms with Gasteiger partial charge in [0.2, 0.25) is 0 Å². The Morgan fingerprint density at radius 1 is 1.29 bits per heavy atom. The number of rotatable bonds is 6. The summed E-state index contributed by atoms with van der Waals surface area (Å²) in [6.45, 7) is 13.3. The summed E-state index contributed by atoms with van der Waals surface area (Å²) in [5.74, 6) is 0. The summed E-state index contributed by atoms with van der Waals surface area (Å²) >= 11 is 0. The SMILES string of the molecule is C=C/C(=C\C)CN(CC)Cc1ccc(C)cc1. The Hall–Kier alpha value is -1.34. The van der Waals surface area contributed by atoms with Crippen LogP contribution in [0, 0.1) is 6.92 Å². The third kappa shape index (κ3) is 4.58. The van der Waals surface area contributed by atoms with E-state index in [-0.39, 0.29) is 0 Å². The fourth-order valence-electron chi connectivity index (χ4n) is 1.76. The molecule has 1 rings (SSSR count). The summed E-state index contributed by atoms with van der Waals surface area (Å²) in [5.41, 5.74) is 3.98. The lowest BCUT2D eigenvalue weighted by Crippen LogP contribution is -2.24. The molecule has 0 bridgehead atoms. The molecule has 0 unspecified atom stereocenters. The van der Waals surface area contributed by atoms with Crippen LogP contribution in [-0.4, -0.2) is 18.0 Å². The van der Waals surface area contributed by atoms with Crippen LogP contribution in [0.3, 0.4) is 0 Å². The van der Waals surface area contributed by atoms with Gasteiger partial charge in [-0.15, -0.1) is 0 Å². The lowest BCUT2D eigenvalue weighted by molar-refractivity contribution is 0.306. The summed E-state index contributed by atoms with van der Waals surface area (Å²) in [5, 5.41) is 0. The van der Waals surface area contributed by atoms with Crippen molar-refractivity contribution in [2.24, 2.45) is 0 Å². The highest BCUT2D eigenvalue weighted by atomic mass is 15.1. The molecule has 0 atom stereocenters. The van der Waals surface area contributed by atoms with Gasteiger partial charge in [-0.1, -0.05) is 55.5 Å². The van der Waals surface area contributed by atoms with Crippen LogP contribution in [0.2, 0.25) is 0 Å². The van der Waals surface area contributed by atoms with E-state index in [4.69, 9.17) is 0 Å². The number of hydrogen-bond donors (Lipinski definition) is 0. The molecule has 1 heteroatoms. The molecule has 17 heavy (non-hydrogen) atoms. The van der Waals surface area contributed by atoms with Gasteiger partial charge in [-0.2, -0.15) is 0 Å². The van der Waals surface area contributed by atoms with Crippen molar-refractivity contribution in [1.82, 2.24) is 4.90 Å². The van der Waals surface area contributed by atoms with Crippen LogP contribution in [0.5, 0.6) is 0 Å². The molecule has 1 aromatic rings. The van der Waals surface area contributed by atoms with Gasteiger partial charge in [0.25, 0.3) is 0 Å². The molecule has 0 heterocycles. The molecule has 0 radical (unpaired) electrons. The van der Waals surface area contributed by atoms with Gasteiger partial charge in [0.05, 0.1) is 0 Å². The number of hydrogen-bond acceptors (Lipinski definition) is 1. The standard InChI is InChI=1S/C16H23N/c1-5-15(6-2)12-17(7-3)13-16-10-8-14(4)9-11-16/h5-6,8-11H,1,7,12-13H2,2-4H3/b15-6+. The fraction of sp³-hybridized carbons (Fsp3) is 0.375. The van der Waals surface area contributed by atoms with E-state index in [2.05, 4.69) is 62.6 Å². The van der Waals surface area contributed by atoms with Gasteiger partial charge in [0.1, 0.15) is 0 Å². The highest BCUT2D eigenvalue weighted by molar-refractivity contribution is 5.22. The monoisotopic (exact) mass is 229 g/mol. The lowest BCUT2D eigenvalue weighted by atomic mass is 10.1. The molecule has 0 amide bonds. The van der Waals surface area contributed by atoms with Crippen molar-refractivity contribution in [3.63, 3.8) is 0 Å². The smallest absolute Gasteiger partial charge is 0.0237 e. The molecule has 0 fully saturated rings. The van der Waals surface area contributed by atoms with Crippen molar-refractivity contribution in [2.75, 3.05) is 13.1 Å². The Labute approximate surface area is 105 Å². The fourth-order valence-corrected chi connectivity index (χ4v) is 1.76. The topological polar surface area (TPSA) is 3.24 Å². The van der Waals surface area contributed by atoms with Crippen molar-refractivity contribution in [2.45, 2.75) is 27.3 Å². The van der Waals surface area contributed by atoms with E-state index in [1.54, 1.807) is 0 Å². The summed E-state index contributed by atoms with van der Waals surface area (Å²) < 4.78 is 0. The van der Waals surface area contributed by atoms with Gasteiger partial charge in [-0.25, -0.2) is 0 Å². The van der Waals surface area contributed by atoms with Gasteiger partial charge in [0.15, 0.2) is 0 Å². The lowest BCUT2D eigenvalue weighted by Gasteiger charge is -2.21. The maximum atomic E-state index is 3.84. The maximum absolute atomic E-state index is 3.84. The second kappa shape index (κ2) is 7.08. The van der Waals surface area contributed by atoms with E-state index in [1.807, 2.05) is 6.08 Å². The summed E-state index contributed by atoms with van der Waals surface area (Å²) in [4.78, 5) is 2.42. The molecule has 0 spiro atoms. The third-order valence-electron chi connectivity index (χ3n) is 3.01. The molecule has 1 aromatic carbocycles. The predicted octanol–water partition coefficient (Wildman–Crippen LogP) is 3.95. The molecular formula is C16H23N. The first-order chi connectivity index (χ1) is 8.19. The van der Waals surface area contributed by atoms with E-state index in [1.165, 1.54) is 16.7 Å². The average Bonchev–Trinajstić information content (AvgIpc) is 2.37. The quantitative estimate of drug-likeness (QED) is 0.668. The van der Waals surface area contributed by atoms with Crippen LogP contribution in [0.15, 0.2) is 48.6 Å². The van der Waals surface area contributed by atoms with Gasteiger partial charge in [-0.3, -0.25) is 4.90 Å². The first-order valence-electron chi connectivity index (χ1n) is 6.25. The minimum Gasteiger partial charge on any atom is -0.295 e. The number of allylic oxidation sites excluding steroid dienone is 1. The Balaban J connectivity index is 2.63. The predicted molar refractivity (Wildman–Crippen MR) is 76.1 cm³/mol. The second-order valence-corrected chi connectivity index (χ2v) is 4.36. The number of benzene rings is 1. The second-order valence-electron chi connectivity index (χ2n) is 4.36. The normalized spacial score (nSPS) is 11.9. The van der Waals surface area contributed by atoms with Crippen LogP contribution in [-0.2, 0) is 6.54 Å². The van der Waals surface area contributed by atoms with Gasteiger partial charge in [0, 0.05) is 13.1 Å². The molecular weight excluding hydrogens is 206 g/mol. The highest BCUT2D eigenvalue weighted by Crippen LogP contribution is 2.09. The Morgan fingerprint density at radius 3 is 2.41 bits per heavy atom. The van der Waals surface area contributed by atoms with Crippen molar-refractivity contribution in [3.8, 4) is 0 Å². The molecule has 0 aliphatic carbocycles.